The summed E-state index contributed by atoms with van der Waals surface area (Å²) < 4.78 is 7.98. The van der Waals surface area contributed by atoms with Crippen LogP contribution in [-0.2, 0) is 4.74 Å². The van der Waals surface area contributed by atoms with Gasteiger partial charge >= 0.3 is 0 Å². The van der Waals surface area contributed by atoms with Crippen molar-refractivity contribution in [3.05, 3.63) is 35.7 Å². The van der Waals surface area contributed by atoms with E-state index >= 15 is 0 Å². The summed E-state index contributed by atoms with van der Waals surface area (Å²) in [7, 11) is 0. The Hall–Kier alpha value is -2.22. The van der Waals surface area contributed by atoms with E-state index in [9.17, 15) is 4.79 Å². The van der Waals surface area contributed by atoms with Gasteiger partial charge in [-0.25, -0.2) is 0 Å². The Balaban J connectivity index is 1.27. The normalized spacial score (nSPS) is 25.4. The van der Waals surface area contributed by atoms with Crippen molar-refractivity contribution in [1.29, 1.82) is 0 Å². The maximum Gasteiger partial charge on any atom is 0.245 e. The van der Waals surface area contributed by atoms with E-state index in [4.69, 9.17) is 9.84 Å². The third kappa shape index (κ3) is 3.90. The van der Waals surface area contributed by atoms with Gasteiger partial charge in [-0.05, 0) is 57.2 Å². The van der Waals surface area contributed by atoms with Crippen molar-refractivity contribution < 1.29 is 9.53 Å². The molecule has 2 unspecified atom stereocenters. The molecule has 3 fully saturated rings. The Morgan fingerprint density at radius 3 is 2.55 bits per heavy atom. The number of hydrogen-bond donors (Lipinski definition) is 0. The van der Waals surface area contributed by atoms with E-state index in [1.807, 2.05) is 6.07 Å². The summed E-state index contributed by atoms with van der Waals surface area (Å²) in [5, 5.41) is 8.21. The van der Waals surface area contributed by atoms with E-state index < -0.39 is 0 Å². The van der Waals surface area contributed by atoms with E-state index in [1.165, 1.54) is 49.9 Å². The lowest BCUT2D eigenvalue weighted by molar-refractivity contribution is 0.0171. The van der Waals surface area contributed by atoms with Gasteiger partial charge in [0.25, 0.3) is 0 Å². The van der Waals surface area contributed by atoms with Crippen molar-refractivity contribution in [3.63, 3.8) is 0 Å². The molecule has 6 rings (SSSR count). The average molecular weight is 465 g/mol. The smallest absolute Gasteiger partial charge is 0.245 e. The molecule has 0 radical (unpaired) electrons. The lowest BCUT2D eigenvalue weighted by Crippen LogP contribution is -2.46. The van der Waals surface area contributed by atoms with Crippen molar-refractivity contribution in [2.24, 2.45) is 0 Å². The summed E-state index contributed by atoms with van der Waals surface area (Å²) in [5.41, 5.74) is 2.36. The zero-order chi connectivity index (χ0) is 22.4. The lowest BCUT2D eigenvalue weighted by Gasteiger charge is -2.39. The minimum absolute atomic E-state index is 0.0276. The first-order valence-electron chi connectivity index (χ1n) is 12.4. The van der Waals surface area contributed by atoms with Crippen LogP contribution in [0.25, 0.3) is 21.3 Å². The van der Waals surface area contributed by atoms with Gasteiger partial charge in [-0.3, -0.25) is 4.79 Å². The highest BCUT2D eigenvalue weighted by atomic mass is 32.1. The highest BCUT2D eigenvalue weighted by molar-refractivity contribution is 7.17. The standard InChI is InChI=1S/C26H32N4O2S/c1-18(31)30-26-24(23(17-33-26)19-7-3-2-4-8-19)25(27-30)29-20-9-10-21(29)16-22(15-20)32-14-13-28-11-5-6-12-28/h2-4,7-8,17,20-22H,5-6,9-16H2,1H3. The van der Waals surface area contributed by atoms with Crippen LogP contribution in [0.3, 0.4) is 0 Å². The zero-order valence-corrected chi connectivity index (χ0v) is 20.1. The number of ether oxygens (including phenoxy) is 1. The molecule has 7 heteroatoms. The van der Waals surface area contributed by atoms with Crippen LogP contribution in [0.1, 0.15) is 50.2 Å². The third-order valence-electron chi connectivity index (χ3n) is 7.66. The maximum atomic E-state index is 12.4. The van der Waals surface area contributed by atoms with Crippen LogP contribution >= 0.6 is 11.3 Å². The second-order valence-electron chi connectivity index (χ2n) is 9.76. The number of thiophene rings is 1. The molecule has 3 saturated heterocycles. The number of hydrogen-bond acceptors (Lipinski definition) is 6. The topological polar surface area (TPSA) is 50.6 Å². The molecule has 3 aromatic rings. The summed E-state index contributed by atoms with van der Waals surface area (Å²) in [6.45, 7) is 5.97. The second kappa shape index (κ2) is 8.85. The van der Waals surface area contributed by atoms with Gasteiger partial charge in [-0.2, -0.15) is 4.68 Å². The minimum Gasteiger partial charge on any atom is -0.377 e. The molecule has 0 spiro atoms. The predicted molar refractivity (Wildman–Crippen MR) is 133 cm³/mol. The number of benzene rings is 1. The Labute approximate surface area is 199 Å². The molecule has 0 saturated carbocycles. The summed E-state index contributed by atoms with van der Waals surface area (Å²) in [4.78, 5) is 18.4. The number of carbonyl (C=O) groups excluding carboxylic acids is 1. The average Bonchev–Trinajstić information content (AvgIpc) is 3.59. The molecular weight excluding hydrogens is 432 g/mol. The zero-order valence-electron chi connectivity index (χ0n) is 19.3. The Morgan fingerprint density at radius 1 is 1.12 bits per heavy atom. The van der Waals surface area contributed by atoms with E-state index in [0.717, 1.165) is 42.0 Å². The maximum absolute atomic E-state index is 12.4. The molecule has 33 heavy (non-hydrogen) atoms. The van der Waals surface area contributed by atoms with Crippen LogP contribution in [0.5, 0.6) is 0 Å². The molecule has 3 aliphatic rings. The van der Waals surface area contributed by atoms with E-state index in [-0.39, 0.29) is 5.91 Å². The number of fused-ring (bicyclic) bond motifs is 3. The highest BCUT2D eigenvalue weighted by Gasteiger charge is 2.43. The molecule has 1 aromatic carbocycles. The molecule has 0 aliphatic carbocycles. The molecule has 0 amide bonds. The van der Waals surface area contributed by atoms with Crippen molar-refractivity contribution in [1.82, 2.24) is 14.7 Å². The van der Waals surface area contributed by atoms with Crippen molar-refractivity contribution >= 4 is 33.3 Å². The van der Waals surface area contributed by atoms with Crippen molar-refractivity contribution in [2.75, 3.05) is 31.1 Å². The molecule has 2 bridgehead atoms. The Kier molecular flexibility index (Phi) is 5.72. The van der Waals surface area contributed by atoms with E-state index in [2.05, 4.69) is 39.4 Å². The summed E-state index contributed by atoms with van der Waals surface area (Å²) in [6.07, 6.45) is 7.45. The summed E-state index contributed by atoms with van der Waals surface area (Å²) >= 11 is 1.62. The Morgan fingerprint density at radius 2 is 1.85 bits per heavy atom. The van der Waals surface area contributed by atoms with Gasteiger partial charge in [-0.15, -0.1) is 16.4 Å². The quantitative estimate of drug-likeness (QED) is 0.512. The summed E-state index contributed by atoms with van der Waals surface area (Å²) in [5.74, 6) is 0.962. The first kappa shape index (κ1) is 21.3. The fourth-order valence-electron chi connectivity index (χ4n) is 6.10. The van der Waals surface area contributed by atoms with Crippen LogP contribution in [0, 0.1) is 0 Å². The van der Waals surface area contributed by atoms with E-state index in [0.29, 0.717) is 18.2 Å². The molecule has 2 atom stereocenters. The number of carbonyl (C=O) groups is 1. The third-order valence-corrected chi connectivity index (χ3v) is 8.61. The number of rotatable bonds is 6. The molecular formula is C26H32N4O2S. The number of anilines is 1. The molecule has 2 aromatic heterocycles. The van der Waals surface area contributed by atoms with Crippen molar-refractivity contribution in [3.8, 4) is 11.1 Å². The van der Waals surface area contributed by atoms with Gasteiger partial charge in [0.05, 0.1) is 18.1 Å². The van der Waals surface area contributed by atoms with Crippen LogP contribution < -0.4 is 4.90 Å². The number of nitrogens with zero attached hydrogens (tertiary/aromatic N) is 4. The SMILES string of the molecule is CC(=O)n1nc(N2C3CCC2CC(OCCN2CCCC2)C3)c2c(-c3ccccc3)csc21. The van der Waals surface area contributed by atoms with Crippen LogP contribution in [0.2, 0.25) is 0 Å². The first-order chi connectivity index (χ1) is 16.2. The van der Waals surface area contributed by atoms with Crippen molar-refractivity contribution in [2.45, 2.75) is 63.6 Å². The van der Waals surface area contributed by atoms with E-state index in [1.54, 1.807) is 22.9 Å². The molecule has 174 valence electrons. The van der Waals surface area contributed by atoms with Crippen LogP contribution in [-0.4, -0.2) is 65.0 Å². The first-order valence-corrected chi connectivity index (χ1v) is 13.3. The Bertz CT molecular complexity index is 1120. The molecule has 6 nitrogen and oxygen atoms in total. The lowest BCUT2D eigenvalue weighted by atomic mass is 9.98. The molecule has 3 aliphatic heterocycles. The van der Waals surface area contributed by atoms with Gasteiger partial charge in [0.1, 0.15) is 4.83 Å². The fraction of sp³-hybridized carbons (Fsp3) is 0.538. The predicted octanol–water partition coefficient (Wildman–Crippen LogP) is 5.04. The van der Waals surface area contributed by atoms with Gasteiger partial charge < -0.3 is 14.5 Å². The van der Waals surface area contributed by atoms with Crippen LogP contribution in [0.4, 0.5) is 5.82 Å². The van der Waals surface area contributed by atoms with Crippen LogP contribution in [0.15, 0.2) is 35.7 Å². The molecule has 0 N–H and O–H groups in total. The number of likely N-dealkylation sites (tertiary alicyclic amines) is 1. The fourth-order valence-corrected chi connectivity index (χ4v) is 7.17. The number of aromatic nitrogens is 2. The highest BCUT2D eigenvalue weighted by Crippen LogP contribution is 2.46. The van der Waals surface area contributed by atoms with Gasteiger partial charge in [-0.1, -0.05) is 30.3 Å². The minimum atomic E-state index is -0.0276. The van der Waals surface area contributed by atoms with Gasteiger partial charge in [0.2, 0.25) is 5.91 Å². The largest absolute Gasteiger partial charge is 0.377 e. The summed E-state index contributed by atoms with van der Waals surface area (Å²) in [6, 6.07) is 11.3. The van der Waals surface area contributed by atoms with Gasteiger partial charge in [0.15, 0.2) is 5.82 Å². The number of piperidine rings is 1. The van der Waals surface area contributed by atoms with Gasteiger partial charge in [0, 0.05) is 36.5 Å². The monoisotopic (exact) mass is 464 g/mol. The second-order valence-corrected chi connectivity index (χ2v) is 10.6. The molecule has 5 heterocycles.